The summed E-state index contributed by atoms with van der Waals surface area (Å²) in [4.78, 5) is 2.80. The van der Waals surface area contributed by atoms with Gasteiger partial charge in [-0.15, -0.1) is 0 Å². The molecule has 2 nitrogen and oxygen atoms in total. The number of hydrogen-bond donors (Lipinski definition) is 1. The van der Waals surface area contributed by atoms with Crippen molar-refractivity contribution in [3.8, 4) is 0 Å². The van der Waals surface area contributed by atoms with Gasteiger partial charge in [0.25, 0.3) is 0 Å². The predicted octanol–water partition coefficient (Wildman–Crippen LogP) is 3.81. The van der Waals surface area contributed by atoms with Crippen molar-refractivity contribution in [1.29, 1.82) is 0 Å². The van der Waals surface area contributed by atoms with E-state index < -0.39 is 0 Å². The summed E-state index contributed by atoms with van der Waals surface area (Å²) in [6, 6.07) is 1.67. The Morgan fingerprint density at radius 2 is 1.79 bits per heavy atom. The van der Waals surface area contributed by atoms with Crippen LogP contribution in [-0.2, 0) is 0 Å². The third kappa shape index (κ3) is 4.75. The van der Waals surface area contributed by atoms with Gasteiger partial charge in [-0.1, -0.05) is 26.7 Å². The molecule has 112 valence electrons. The first-order chi connectivity index (χ1) is 9.33. The van der Waals surface area contributed by atoms with Crippen molar-refractivity contribution < 1.29 is 0 Å². The standard InChI is InChI=1S/C17H34N2/c1-3-6-15-8-10-17(11-9-15)19-13-5-7-16(14-19)18-12-4-2/h15-18H,3-14H2,1-2H3. The van der Waals surface area contributed by atoms with E-state index >= 15 is 0 Å². The molecule has 1 saturated carbocycles. The number of likely N-dealkylation sites (tertiary alicyclic amines) is 1. The third-order valence-corrected chi connectivity index (χ3v) is 5.17. The minimum atomic E-state index is 0.766. The van der Waals surface area contributed by atoms with Gasteiger partial charge >= 0.3 is 0 Å². The maximum absolute atomic E-state index is 3.73. The highest BCUT2D eigenvalue weighted by Crippen LogP contribution is 2.31. The maximum Gasteiger partial charge on any atom is 0.0195 e. The van der Waals surface area contributed by atoms with Crippen LogP contribution in [0, 0.1) is 5.92 Å². The van der Waals surface area contributed by atoms with Crippen molar-refractivity contribution in [3.63, 3.8) is 0 Å². The van der Waals surface area contributed by atoms with Gasteiger partial charge in [0.1, 0.15) is 0 Å². The van der Waals surface area contributed by atoms with Crippen LogP contribution in [0.3, 0.4) is 0 Å². The van der Waals surface area contributed by atoms with Gasteiger partial charge in [0.15, 0.2) is 0 Å². The molecule has 0 aromatic rings. The Bertz CT molecular complexity index is 233. The molecule has 2 aliphatic rings. The number of hydrogen-bond acceptors (Lipinski definition) is 2. The van der Waals surface area contributed by atoms with Gasteiger partial charge in [0, 0.05) is 18.6 Å². The Kier molecular flexibility index (Phi) is 6.66. The van der Waals surface area contributed by atoms with Gasteiger partial charge in [-0.3, -0.25) is 4.90 Å². The summed E-state index contributed by atoms with van der Waals surface area (Å²) in [5.74, 6) is 1.04. The van der Waals surface area contributed by atoms with Crippen LogP contribution in [0.4, 0.5) is 0 Å². The fourth-order valence-electron chi connectivity index (χ4n) is 4.06. The van der Waals surface area contributed by atoms with Crippen LogP contribution in [0.5, 0.6) is 0 Å². The molecule has 1 aliphatic heterocycles. The summed E-state index contributed by atoms with van der Waals surface area (Å²) >= 11 is 0. The third-order valence-electron chi connectivity index (χ3n) is 5.17. The quantitative estimate of drug-likeness (QED) is 0.786. The minimum absolute atomic E-state index is 0.766. The van der Waals surface area contributed by atoms with Crippen molar-refractivity contribution >= 4 is 0 Å². The van der Waals surface area contributed by atoms with Crippen molar-refractivity contribution in [2.45, 2.75) is 83.7 Å². The second-order valence-electron chi connectivity index (χ2n) is 6.75. The number of nitrogens with zero attached hydrogens (tertiary/aromatic N) is 1. The van der Waals surface area contributed by atoms with Crippen LogP contribution in [-0.4, -0.2) is 36.6 Å². The number of rotatable bonds is 6. The van der Waals surface area contributed by atoms with Crippen molar-refractivity contribution in [3.05, 3.63) is 0 Å². The van der Waals surface area contributed by atoms with E-state index in [0.717, 1.165) is 18.0 Å². The lowest BCUT2D eigenvalue weighted by molar-refractivity contribution is 0.0959. The molecule has 2 fully saturated rings. The van der Waals surface area contributed by atoms with Crippen molar-refractivity contribution in [2.24, 2.45) is 5.92 Å². The molecule has 1 heterocycles. The lowest BCUT2D eigenvalue weighted by Crippen LogP contribution is -2.50. The molecule has 1 N–H and O–H groups in total. The molecule has 0 aromatic heterocycles. The van der Waals surface area contributed by atoms with Crippen molar-refractivity contribution in [1.82, 2.24) is 10.2 Å². The van der Waals surface area contributed by atoms with Crippen LogP contribution < -0.4 is 5.32 Å². The van der Waals surface area contributed by atoms with E-state index in [0.29, 0.717) is 0 Å². The summed E-state index contributed by atoms with van der Waals surface area (Å²) in [7, 11) is 0. The lowest BCUT2D eigenvalue weighted by atomic mass is 9.82. The molecule has 0 amide bonds. The summed E-state index contributed by atoms with van der Waals surface area (Å²) < 4.78 is 0. The maximum atomic E-state index is 3.73. The molecule has 19 heavy (non-hydrogen) atoms. The van der Waals surface area contributed by atoms with Crippen LogP contribution in [0.1, 0.15) is 71.6 Å². The lowest BCUT2D eigenvalue weighted by Gasteiger charge is -2.41. The first kappa shape index (κ1) is 15.3. The molecule has 0 radical (unpaired) electrons. The van der Waals surface area contributed by atoms with E-state index in [2.05, 4.69) is 24.1 Å². The van der Waals surface area contributed by atoms with Gasteiger partial charge in [0.05, 0.1) is 0 Å². The van der Waals surface area contributed by atoms with E-state index in [-0.39, 0.29) is 0 Å². The van der Waals surface area contributed by atoms with Gasteiger partial charge < -0.3 is 5.32 Å². The highest BCUT2D eigenvalue weighted by molar-refractivity contribution is 4.85. The molecule has 1 saturated heterocycles. The van der Waals surface area contributed by atoms with E-state index in [1.165, 1.54) is 77.4 Å². The minimum Gasteiger partial charge on any atom is -0.313 e. The molecular formula is C17H34N2. The normalized spacial score (nSPS) is 33.5. The van der Waals surface area contributed by atoms with Gasteiger partial charge in [-0.2, -0.15) is 0 Å². The monoisotopic (exact) mass is 266 g/mol. The second-order valence-corrected chi connectivity index (χ2v) is 6.75. The first-order valence-corrected chi connectivity index (χ1v) is 8.80. The summed E-state index contributed by atoms with van der Waals surface area (Å²) in [5.41, 5.74) is 0. The number of nitrogens with one attached hydrogen (secondary N) is 1. The average Bonchev–Trinajstić information content (AvgIpc) is 2.46. The van der Waals surface area contributed by atoms with E-state index in [4.69, 9.17) is 0 Å². The molecule has 0 aromatic carbocycles. The summed E-state index contributed by atoms with van der Waals surface area (Å²) in [6.07, 6.45) is 12.8. The molecule has 2 heteroatoms. The summed E-state index contributed by atoms with van der Waals surface area (Å²) in [5, 5.41) is 3.73. The Morgan fingerprint density at radius 1 is 1.00 bits per heavy atom. The zero-order valence-electron chi connectivity index (χ0n) is 13.2. The van der Waals surface area contributed by atoms with E-state index in [1.54, 1.807) is 0 Å². The molecule has 0 spiro atoms. The van der Waals surface area contributed by atoms with E-state index in [9.17, 15) is 0 Å². The predicted molar refractivity (Wildman–Crippen MR) is 83.5 cm³/mol. The zero-order chi connectivity index (χ0) is 13.5. The Morgan fingerprint density at radius 3 is 2.47 bits per heavy atom. The molecule has 1 unspecified atom stereocenters. The Hall–Kier alpha value is -0.0800. The molecule has 2 rings (SSSR count). The van der Waals surface area contributed by atoms with Crippen LogP contribution in [0.2, 0.25) is 0 Å². The van der Waals surface area contributed by atoms with Crippen LogP contribution >= 0.6 is 0 Å². The van der Waals surface area contributed by atoms with Crippen molar-refractivity contribution in [2.75, 3.05) is 19.6 Å². The fourth-order valence-corrected chi connectivity index (χ4v) is 4.06. The largest absolute Gasteiger partial charge is 0.313 e. The van der Waals surface area contributed by atoms with Gasteiger partial charge in [-0.25, -0.2) is 0 Å². The second kappa shape index (κ2) is 8.26. The van der Waals surface area contributed by atoms with Gasteiger partial charge in [0.2, 0.25) is 0 Å². The Balaban J connectivity index is 1.72. The first-order valence-electron chi connectivity index (χ1n) is 8.80. The summed E-state index contributed by atoms with van der Waals surface area (Å²) in [6.45, 7) is 8.46. The van der Waals surface area contributed by atoms with Gasteiger partial charge in [-0.05, 0) is 64.0 Å². The SMILES string of the molecule is CCCNC1CCCN(C2CCC(CCC)CC2)C1. The smallest absolute Gasteiger partial charge is 0.0195 e. The zero-order valence-corrected chi connectivity index (χ0v) is 13.2. The molecule has 1 atom stereocenters. The highest BCUT2D eigenvalue weighted by Gasteiger charge is 2.28. The highest BCUT2D eigenvalue weighted by atomic mass is 15.2. The number of piperidine rings is 1. The Labute approximate surface area is 120 Å². The topological polar surface area (TPSA) is 15.3 Å². The van der Waals surface area contributed by atoms with Crippen LogP contribution in [0.25, 0.3) is 0 Å². The average molecular weight is 266 g/mol. The molecule has 0 bridgehead atoms. The van der Waals surface area contributed by atoms with E-state index in [1.807, 2.05) is 0 Å². The molecule has 1 aliphatic carbocycles. The fraction of sp³-hybridized carbons (Fsp3) is 1.00. The molecular weight excluding hydrogens is 232 g/mol. The van der Waals surface area contributed by atoms with Crippen LogP contribution in [0.15, 0.2) is 0 Å².